The SMILES string of the molecule is C=C/C=C(\C=C/C)c1cc(C(/C=C\C)=C/C=C)n2nc(C(=O)O)cc2n1. The summed E-state index contributed by atoms with van der Waals surface area (Å²) in [4.78, 5) is 15.9. The molecule has 5 heteroatoms. The van der Waals surface area contributed by atoms with Gasteiger partial charge >= 0.3 is 5.97 Å². The molecule has 26 heavy (non-hydrogen) atoms. The molecule has 0 amide bonds. The molecule has 2 aromatic heterocycles. The molecule has 0 unspecified atom stereocenters. The van der Waals surface area contributed by atoms with Crippen LogP contribution in [0.15, 0.2) is 73.9 Å². The Bertz CT molecular complexity index is 973. The summed E-state index contributed by atoms with van der Waals surface area (Å²) in [6.45, 7) is 11.3. The average molecular weight is 347 g/mol. The zero-order valence-electron chi connectivity index (χ0n) is 14.9. The molecular weight excluding hydrogens is 326 g/mol. The molecular formula is C21H21N3O2. The Kier molecular flexibility index (Phi) is 6.22. The minimum Gasteiger partial charge on any atom is -0.476 e. The molecule has 2 aromatic rings. The van der Waals surface area contributed by atoms with E-state index in [1.54, 1.807) is 12.2 Å². The van der Waals surface area contributed by atoms with Crippen LogP contribution in [0, 0.1) is 0 Å². The van der Waals surface area contributed by atoms with Crippen LogP contribution in [0.2, 0.25) is 0 Å². The first kappa shape index (κ1) is 18.9. The average Bonchev–Trinajstić information content (AvgIpc) is 3.05. The predicted octanol–water partition coefficient (Wildman–Crippen LogP) is 4.72. The third-order valence-electron chi connectivity index (χ3n) is 3.53. The standard InChI is InChI=1S/C21H21N3O2/c1-5-9-15(10-6-2)17-13-19(16(11-7-3)12-8-4)24-20(22-17)14-18(23-24)21(25)26/h5-14H,1,3H2,2,4H3,(H,25,26)/b10-6-,12-8-,15-9+,16-11+. The smallest absolute Gasteiger partial charge is 0.356 e. The molecule has 2 heterocycles. The molecule has 0 aromatic carbocycles. The first-order valence-electron chi connectivity index (χ1n) is 8.11. The number of allylic oxidation sites excluding steroid dienone is 10. The van der Waals surface area contributed by atoms with E-state index in [0.717, 1.165) is 16.8 Å². The fraction of sp³-hybridized carbons (Fsp3) is 0.0952. The number of carboxylic acids is 1. The van der Waals surface area contributed by atoms with Crippen LogP contribution in [0.25, 0.3) is 16.8 Å². The van der Waals surface area contributed by atoms with Gasteiger partial charge in [0.05, 0.1) is 11.4 Å². The van der Waals surface area contributed by atoms with E-state index < -0.39 is 5.97 Å². The van der Waals surface area contributed by atoms with Gasteiger partial charge in [0.1, 0.15) is 0 Å². The molecule has 0 atom stereocenters. The fourth-order valence-corrected chi connectivity index (χ4v) is 2.50. The van der Waals surface area contributed by atoms with Crippen LogP contribution < -0.4 is 0 Å². The van der Waals surface area contributed by atoms with Crippen molar-refractivity contribution >= 4 is 22.8 Å². The molecule has 5 nitrogen and oxygen atoms in total. The van der Waals surface area contributed by atoms with Crippen LogP contribution >= 0.6 is 0 Å². The first-order chi connectivity index (χ1) is 12.5. The van der Waals surface area contributed by atoms with Crippen molar-refractivity contribution in [1.29, 1.82) is 0 Å². The van der Waals surface area contributed by atoms with E-state index in [0.29, 0.717) is 11.3 Å². The lowest BCUT2D eigenvalue weighted by Crippen LogP contribution is -2.03. The zero-order valence-corrected chi connectivity index (χ0v) is 14.9. The van der Waals surface area contributed by atoms with Crippen LogP contribution in [0.3, 0.4) is 0 Å². The third-order valence-corrected chi connectivity index (χ3v) is 3.53. The van der Waals surface area contributed by atoms with Gasteiger partial charge in [-0.05, 0) is 31.1 Å². The van der Waals surface area contributed by atoms with E-state index >= 15 is 0 Å². The minimum absolute atomic E-state index is 0.0605. The van der Waals surface area contributed by atoms with Crippen molar-refractivity contribution in [2.45, 2.75) is 13.8 Å². The Hall–Kier alpha value is -3.47. The topological polar surface area (TPSA) is 67.5 Å². The molecule has 0 aliphatic heterocycles. The molecule has 0 aliphatic rings. The summed E-state index contributed by atoms with van der Waals surface area (Å²) in [5, 5.41) is 13.5. The number of rotatable bonds is 7. The maximum atomic E-state index is 11.3. The highest BCUT2D eigenvalue weighted by Gasteiger charge is 2.16. The van der Waals surface area contributed by atoms with Gasteiger partial charge in [-0.25, -0.2) is 14.3 Å². The Balaban J connectivity index is 2.88. The Morgan fingerprint density at radius 2 is 1.65 bits per heavy atom. The quantitative estimate of drug-likeness (QED) is 0.736. The molecule has 132 valence electrons. The molecule has 0 saturated carbocycles. The second-order valence-corrected chi connectivity index (χ2v) is 5.35. The number of carbonyl (C=O) groups is 1. The maximum absolute atomic E-state index is 11.3. The Morgan fingerprint density at radius 1 is 1.04 bits per heavy atom. The second-order valence-electron chi connectivity index (χ2n) is 5.35. The second kappa shape index (κ2) is 8.58. The number of aromatic carboxylic acids is 1. The number of hydrogen-bond donors (Lipinski definition) is 1. The predicted molar refractivity (Wildman–Crippen MR) is 106 cm³/mol. The van der Waals surface area contributed by atoms with Gasteiger partial charge in [0, 0.05) is 6.07 Å². The van der Waals surface area contributed by atoms with Crippen LogP contribution in [0.4, 0.5) is 0 Å². The number of aromatic nitrogens is 3. The molecule has 0 aliphatic carbocycles. The monoisotopic (exact) mass is 347 g/mol. The van der Waals surface area contributed by atoms with Crippen molar-refractivity contribution < 1.29 is 9.90 Å². The molecule has 1 N–H and O–H groups in total. The van der Waals surface area contributed by atoms with Crippen molar-refractivity contribution in [3.05, 3.63) is 91.0 Å². The lowest BCUT2D eigenvalue weighted by atomic mass is 10.1. The van der Waals surface area contributed by atoms with Crippen molar-refractivity contribution in [1.82, 2.24) is 14.6 Å². The normalized spacial score (nSPS) is 13.0. The van der Waals surface area contributed by atoms with E-state index in [-0.39, 0.29) is 5.69 Å². The lowest BCUT2D eigenvalue weighted by Gasteiger charge is -2.09. The Morgan fingerprint density at radius 3 is 2.23 bits per heavy atom. The van der Waals surface area contributed by atoms with Gasteiger partial charge in [-0.3, -0.25) is 0 Å². The third kappa shape index (κ3) is 3.95. The van der Waals surface area contributed by atoms with Crippen molar-refractivity contribution in [3.63, 3.8) is 0 Å². The summed E-state index contributed by atoms with van der Waals surface area (Å²) in [5.41, 5.74) is 3.51. The van der Waals surface area contributed by atoms with Gasteiger partial charge in [-0.1, -0.05) is 61.8 Å². The summed E-state index contributed by atoms with van der Waals surface area (Å²) in [7, 11) is 0. The van der Waals surface area contributed by atoms with Crippen molar-refractivity contribution in [2.24, 2.45) is 0 Å². The molecule has 0 fully saturated rings. The van der Waals surface area contributed by atoms with Gasteiger partial charge < -0.3 is 5.11 Å². The molecule has 2 rings (SSSR count). The van der Waals surface area contributed by atoms with Crippen LogP contribution in [0.1, 0.15) is 35.7 Å². The summed E-state index contributed by atoms with van der Waals surface area (Å²) in [6.07, 6.45) is 14.7. The van der Waals surface area contributed by atoms with E-state index in [4.69, 9.17) is 0 Å². The summed E-state index contributed by atoms with van der Waals surface area (Å²) in [6, 6.07) is 3.33. The maximum Gasteiger partial charge on any atom is 0.356 e. The Labute approximate surface area is 152 Å². The van der Waals surface area contributed by atoms with Gasteiger partial charge in [-0.15, -0.1) is 0 Å². The largest absolute Gasteiger partial charge is 0.476 e. The van der Waals surface area contributed by atoms with Gasteiger partial charge in [0.25, 0.3) is 0 Å². The van der Waals surface area contributed by atoms with Gasteiger partial charge in [0.2, 0.25) is 0 Å². The number of nitrogens with zero attached hydrogens (tertiary/aromatic N) is 3. The van der Waals surface area contributed by atoms with Gasteiger partial charge in [0.15, 0.2) is 11.3 Å². The van der Waals surface area contributed by atoms with E-state index in [2.05, 4.69) is 23.2 Å². The van der Waals surface area contributed by atoms with Crippen LogP contribution in [-0.4, -0.2) is 25.7 Å². The van der Waals surface area contributed by atoms with E-state index in [1.165, 1.54) is 10.6 Å². The number of hydrogen-bond acceptors (Lipinski definition) is 3. The molecule has 0 bridgehead atoms. The minimum atomic E-state index is -1.10. The van der Waals surface area contributed by atoms with E-state index in [9.17, 15) is 9.90 Å². The molecule has 0 saturated heterocycles. The lowest BCUT2D eigenvalue weighted by molar-refractivity contribution is 0.0690. The zero-order chi connectivity index (χ0) is 19.1. The number of carboxylic acid groups (broad SMARTS) is 1. The highest BCUT2D eigenvalue weighted by molar-refractivity contribution is 5.87. The van der Waals surface area contributed by atoms with Crippen LogP contribution in [-0.2, 0) is 0 Å². The van der Waals surface area contributed by atoms with Crippen molar-refractivity contribution in [3.8, 4) is 0 Å². The van der Waals surface area contributed by atoms with Crippen molar-refractivity contribution in [2.75, 3.05) is 0 Å². The summed E-state index contributed by atoms with van der Waals surface area (Å²) in [5.74, 6) is -1.10. The molecule has 0 spiro atoms. The van der Waals surface area contributed by atoms with E-state index in [1.807, 2.05) is 56.4 Å². The molecule has 0 radical (unpaired) electrons. The highest BCUT2D eigenvalue weighted by Crippen LogP contribution is 2.24. The van der Waals surface area contributed by atoms with Gasteiger partial charge in [-0.2, -0.15) is 5.10 Å². The fourth-order valence-electron chi connectivity index (χ4n) is 2.50. The summed E-state index contributed by atoms with van der Waals surface area (Å²) < 4.78 is 1.53. The van der Waals surface area contributed by atoms with Crippen LogP contribution in [0.5, 0.6) is 0 Å². The first-order valence-corrected chi connectivity index (χ1v) is 8.11. The number of fused-ring (bicyclic) bond motifs is 1. The summed E-state index contributed by atoms with van der Waals surface area (Å²) >= 11 is 0. The highest BCUT2D eigenvalue weighted by atomic mass is 16.4.